The van der Waals surface area contributed by atoms with E-state index in [9.17, 15) is 4.79 Å². The van der Waals surface area contributed by atoms with E-state index in [1.165, 1.54) is 0 Å². The van der Waals surface area contributed by atoms with Gasteiger partial charge in [-0.1, -0.05) is 28.1 Å². The minimum Gasteiger partial charge on any atom is -0.351 e. The van der Waals surface area contributed by atoms with E-state index in [1.54, 1.807) is 6.92 Å². The summed E-state index contributed by atoms with van der Waals surface area (Å²) >= 11 is 3.36. The normalized spacial score (nSPS) is 9.12. The molecule has 0 atom stereocenters. The van der Waals surface area contributed by atoms with E-state index >= 15 is 0 Å². The lowest BCUT2D eigenvalue weighted by atomic mass is 10.1. The molecule has 0 spiro atoms. The third-order valence-electron chi connectivity index (χ3n) is 2.08. The number of carbonyl (C=O) groups excluding carboxylic acids is 1. The molecule has 2 nitrogen and oxygen atoms in total. The minimum absolute atomic E-state index is 0.0426. The van der Waals surface area contributed by atoms with Crippen molar-refractivity contribution in [3.05, 3.63) is 35.4 Å². The molecule has 0 aliphatic carbocycles. The lowest BCUT2D eigenvalue weighted by molar-refractivity contribution is 0.0954. The van der Waals surface area contributed by atoms with Gasteiger partial charge in [-0.3, -0.25) is 4.79 Å². The highest BCUT2D eigenvalue weighted by molar-refractivity contribution is 9.08. The van der Waals surface area contributed by atoms with Crippen LogP contribution in [0, 0.1) is 11.8 Å². The maximum absolute atomic E-state index is 11.6. The first kappa shape index (κ1) is 12.8. The Labute approximate surface area is 105 Å². The molecule has 1 aromatic rings. The summed E-state index contributed by atoms with van der Waals surface area (Å²) in [7, 11) is 0. The number of amides is 1. The number of benzene rings is 1. The number of halogens is 1. The number of hydrogen-bond donors (Lipinski definition) is 1. The van der Waals surface area contributed by atoms with Crippen LogP contribution in [-0.4, -0.2) is 12.5 Å². The van der Waals surface area contributed by atoms with Gasteiger partial charge in [0.05, 0.1) is 0 Å². The second-order valence-corrected chi connectivity index (χ2v) is 3.82. The predicted molar refractivity (Wildman–Crippen MR) is 69.5 cm³/mol. The van der Waals surface area contributed by atoms with Crippen LogP contribution in [0.2, 0.25) is 0 Å². The van der Waals surface area contributed by atoms with Gasteiger partial charge in [-0.15, -0.1) is 11.8 Å². The van der Waals surface area contributed by atoms with Crippen molar-refractivity contribution < 1.29 is 4.79 Å². The fraction of sp³-hybridized carbons (Fsp3) is 0.308. The smallest absolute Gasteiger partial charge is 0.251 e. The summed E-state index contributed by atoms with van der Waals surface area (Å²) in [5.41, 5.74) is 1.85. The van der Waals surface area contributed by atoms with Gasteiger partial charge in [0.1, 0.15) is 0 Å². The van der Waals surface area contributed by atoms with Crippen LogP contribution in [0.4, 0.5) is 0 Å². The Morgan fingerprint density at radius 2 is 2.06 bits per heavy atom. The molecule has 1 N–H and O–H groups in total. The molecular formula is C13H14BrNO. The predicted octanol–water partition coefficient (Wildman–Crippen LogP) is 2.72. The van der Waals surface area contributed by atoms with Crippen molar-refractivity contribution in [1.82, 2.24) is 5.32 Å². The van der Waals surface area contributed by atoms with E-state index in [0.717, 1.165) is 10.9 Å². The Morgan fingerprint density at radius 3 is 2.62 bits per heavy atom. The number of carbonyl (C=O) groups is 1. The van der Waals surface area contributed by atoms with Gasteiger partial charge >= 0.3 is 0 Å². The highest BCUT2D eigenvalue weighted by atomic mass is 79.9. The Morgan fingerprint density at radius 1 is 1.38 bits per heavy atom. The van der Waals surface area contributed by atoms with E-state index in [1.807, 2.05) is 24.3 Å². The zero-order valence-corrected chi connectivity index (χ0v) is 10.8. The summed E-state index contributed by atoms with van der Waals surface area (Å²) in [6.45, 7) is 2.39. The van der Waals surface area contributed by atoms with E-state index in [-0.39, 0.29) is 5.91 Å². The van der Waals surface area contributed by atoms with Gasteiger partial charge in [0, 0.05) is 23.9 Å². The van der Waals surface area contributed by atoms with Gasteiger partial charge in [0.2, 0.25) is 0 Å². The SMILES string of the molecule is CC#CCCNC(=O)c1ccc(CBr)cc1. The number of rotatable bonds is 4. The molecule has 3 heteroatoms. The number of nitrogens with one attached hydrogen (secondary N) is 1. The molecule has 0 fully saturated rings. The standard InChI is InChI=1S/C13H14BrNO/c1-2-3-4-9-15-13(16)12-7-5-11(10-14)6-8-12/h5-8H,4,9-10H2,1H3,(H,15,16). The molecule has 1 rings (SSSR count). The molecule has 0 aliphatic rings. The van der Waals surface area contributed by atoms with Crippen molar-refractivity contribution in [3.8, 4) is 11.8 Å². The lowest BCUT2D eigenvalue weighted by Gasteiger charge is -2.03. The lowest BCUT2D eigenvalue weighted by Crippen LogP contribution is -2.24. The summed E-state index contributed by atoms with van der Waals surface area (Å²) in [6.07, 6.45) is 0.696. The molecule has 0 bridgehead atoms. The zero-order valence-electron chi connectivity index (χ0n) is 9.22. The van der Waals surface area contributed by atoms with Crippen LogP contribution in [0.15, 0.2) is 24.3 Å². The van der Waals surface area contributed by atoms with Gasteiger partial charge in [-0.05, 0) is 24.6 Å². The topological polar surface area (TPSA) is 29.1 Å². The summed E-state index contributed by atoms with van der Waals surface area (Å²) in [5, 5.41) is 3.62. The molecule has 0 saturated heterocycles. The van der Waals surface area contributed by atoms with Crippen molar-refractivity contribution in [1.29, 1.82) is 0 Å². The monoisotopic (exact) mass is 279 g/mol. The van der Waals surface area contributed by atoms with Crippen LogP contribution in [0.3, 0.4) is 0 Å². The largest absolute Gasteiger partial charge is 0.351 e. The molecule has 0 saturated carbocycles. The Bertz CT molecular complexity index is 400. The molecule has 1 aromatic carbocycles. The second kappa shape index (κ2) is 7.08. The van der Waals surface area contributed by atoms with E-state index < -0.39 is 0 Å². The van der Waals surface area contributed by atoms with E-state index in [0.29, 0.717) is 18.5 Å². The van der Waals surface area contributed by atoms with Crippen LogP contribution < -0.4 is 5.32 Å². The van der Waals surface area contributed by atoms with Crippen LogP contribution in [0.1, 0.15) is 29.3 Å². The minimum atomic E-state index is -0.0426. The molecule has 84 valence electrons. The first-order chi connectivity index (χ1) is 7.77. The van der Waals surface area contributed by atoms with Crippen LogP contribution in [0.5, 0.6) is 0 Å². The Balaban J connectivity index is 2.48. The highest BCUT2D eigenvalue weighted by Crippen LogP contribution is 2.07. The van der Waals surface area contributed by atoms with Gasteiger partial charge in [-0.25, -0.2) is 0 Å². The molecule has 0 heterocycles. The first-order valence-electron chi connectivity index (χ1n) is 5.10. The van der Waals surface area contributed by atoms with Crippen molar-refractivity contribution in [2.45, 2.75) is 18.7 Å². The molecule has 0 radical (unpaired) electrons. The molecular weight excluding hydrogens is 266 g/mol. The third kappa shape index (κ3) is 4.08. The number of hydrogen-bond acceptors (Lipinski definition) is 1. The van der Waals surface area contributed by atoms with E-state index in [2.05, 4.69) is 33.1 Å². The van der Waals surface area contributed by atoms with Crippen molar-refractivity contribution in [2.24, 2.45) is 0 Å². The van der Waals surface area contributed by atoms with Gasteiger partial charge in [0.15, 0.2) is 0 Å². The fourth-order valence-corrected chi connectivity index (χ4v) is 1.58. The zero-order chi connectivity index (χ0) is 11.8. The second-order valence-electron chi connectivity index (χ2n) is 3.26. The van der Waals surface area contributed by atoms with Gasteiger partial charge < -0.3 is 5.32 Å². The van der Waals surface area contributed by atoms with Crippen LogP contribution in [-0.2, 0) is 5.33 Å². The summed E-state index contributed by atoms with van der Waals surface area (Å²) in [5.74, 6) is 5.65. The highest BCUT2D eigenvalue weighted by Gasteiger charge is 2.03. The quantitative estimate of drug-likeness (QED) is 0.513. The van der Waals surface area contributed by atoms with E-state index in [4.69, 9.17) is 0 Å². The average molecular weight is 280 g/mol. The van der Waals surface area contributed by atoms with Crippen molar-refractivity contribution in [3.63, 3.8) is 0 Å². The molecule has 1 amide bonds. The van der Waals surface area contributed by atoms with Crippen LogP contribution in [0.25, 0.3) is 0 Å². The molecule has 0 aliphatic heterocycles. The molecule has 0 unspecified atom stereocenters. The fourth-order valence-electron chi connectivity index (χ4n) is 1.21. The molecule has 16 heavy (non-hydrogen) atoms. The number of alkyl halides is 1. The van der Waals surface area contributed by atoms with Crippen LogP contribution >= 0.6 is 15.9 Å². The summed E-state index contributed by atoms with van der Waals surface area (Å²) in [6, 6.07) is 7.54. The van der Waals surface area contributed by atoms with Gasteiger partial charge in [-0.2, -0.15) is 0 Å². The molecule has 0 aromatic heterocycles. The van der Waals surface area contributed by atoms with Crippen molar-refractivity contribution in [2.75, 3.05) is 6.54 Å². The summed E-state index contributed by atoms with van der Waals surface area (Å²) < 4.78 is 0. The van der Waals surface area contributed by atoms with Gasteiger partial charge in [0.25, 0.3) is 5.91 Å². The first-order valence-corrected chi connectivity index (χ1v) is 6.22. The average Bonchev–Trinajstić information content (AvgIpc) is 2.34. The third-order valence-corrected chi connectivity index (χ3v) is 2.73. The van der Waals surface area contributed by atoms with Crippen molar-refractivity contribution >= 4 is 21.8 Å². The summed E-state index contributed by atoms with van der Waals surface area (Å²) in [4.78, 5) is 11.6. The Hall–Kier alpha value is -1.27. The maximum atomic E-state index is 11.6. The Kier molecular flexibility index (Phi) is 5.66. The maximum Gasteiger partial charge on any atom is 0.251 e.